The van der Waals surface area contributed by atoms with Crippen LogP contribution in [0.4, 0.5) is 11.5 Å². The molecule has 0 unspecified atom stereocenters. The fourth-order valence-electron chi connectivity index (χ4n) is 3.44. The maximum Gasteiger partial charge on any atom is 0.154 e. The Morgan fingerprint density at radius 2 is 2.00 bits per heavy atom. The Labute approximate surface area is 165 Å². The quantitative estimate of drug-likeness (QED) is 0.684. The molecule has 1 fully saturated rings. The van der Waals surface area contributed by atoms with Crippen LogP contribution in [0.5, 0.6) is 0 Å². The van der Waals surface area contributed by atoms with Crippen LogP contribution in [-0.4, -0.2) is 58.7 Å². The van der Waals surface area contributed by atoms with Crippen molar-refractivity contribution in [2.75, 3.05) is 43.1 Å². The van der Waals surface area contributed by atoms with Gasteiger partial charge in [-0.25, -0.2) is 9.50 Å². The van der Waals surface area contributed by atoms with E-state index >= 15 is 0 Å². The van der Waals surface area contributed by atoms with E-state index in [9.17, 15) is 5.11 Å². The van der Waals surface area contributed by atoms with Gasteiger partial charge in [-0.05, 0) is 30.2 Å². The standard InChI is InChI=1S/C21H27N5O2/c1-15(2)18(14-27)23-20-6-7-21-22-13-19(26(21)24-20)16-4-3-5-17(12-16)25-8-10-28-11-9-25/h3-7,12-13,15,18,27H,8-11,14H2,1-2H3,(H,23,24)/t18-/m1/s1. The lowest BCUT2D eigenvalue weighted by atomic mass is 10.1. The van der Waals surface area contributed by atoms with E-state index in [1.165, 1.54) is 5.69 Å². The van der Waals surface area contributed by atoms with Gasteiger partial charge in [0.2, 0.25) is 0 Å². The number of anilines is 2. The lowest BCUT2D eigenvalue weighted by molar-refractivity contribution is 0.122. The van der Waals surface area contributed by atoms with Gasteiger partial charge in [0, 0.05) is 24.3 Å². The predicted molar refractivity (Wildman–Crippen MR) is 111 cm³/mol. The monoisotopic (exact) mass is 381 g/mol. The summed E-state index contributed by atoms with van der Waals surface area (Å²) in [5.74, 6) is 1.03. The Morgan fingerprint density at radius 1 is 1.18 bits per heavy atom. The minimum absolute atomic E-state index is 0.0402. The molecule has 1 aromatic carbocycles. The number of ether oxygens (including phenoxy) is 1. The van der Waals surface area contributed by atoms with Gasteiger partial charge >= 0.3 is 0 Å². The number of morpholine rings is 1. The van der Waals surface area contributed by atoms with Gasteiger partial charge in [0.05, 0.1) is 37.8 Å². The summed E-state index contributed by atoms with van der Waals surface area (Å²) in [6, 6.07) is 12.3. The van der Waals surface area contributed by atoms with E-state index in [1.54, 1.807) is 0 Å². The zero-order valence-electron chi connectivity index (χ0n) is 16.4. The number of nitrogens with zero attached hydrogens (tertiary/aromatic N) is 4. The Balaban J connectivity index is 1.66. The van der Waals surface area contributed by atoms with Crippen LogP contribution in [0.15, 0.2) is 42.6 Å². The molecule has 3 aromatic rings. The summed E-state index contributed by atoms with van der Waals surface area (Å²) in [5, 5.41) is 17.6. The molecule has 3 heterocycles. The molecule has 2 N–H and O–H groups in total. The van der Waals surface area contributed by atoms with Gasteiger partial charge in [0.15, 0.2) is 5.65 Å². The van der Waals surface area contributed by atoms with Crippen molar-refractivity contribution >= 4 is 17.2 Å². The number of imidazole rings is 1. The summed E-state index contributed by atoms with van der Waals surface area (Å²) >= 11 is 0. The Kier molecular flexibility index (Phi) is 5.45. The van der Waals surface area contributed by atoms with Gasteiger partial charge in [0.25, 0.3) is 0 Å². The summed E-state index contributed by atoms with van der Waals surface area (Å²) in [6.45, 7) is 7.55. The third-order valence-corrected chi connectivity index (χ3v) is 5.22. The predicted octanol–water partition coefficient (Wildman–Crippen LogP) is 2.66. The van der Waals surface area contributed by atoms with E-state index in [4.69, 9.17) is 9.84 Å². The van der Waals surface area contributed by atoms with Crippen LogP contribution in [0, 0.1) is 5.92 Å². The molecule has 0 radical (unpaired) electrons. The third kappa shape index (κ3) is 3.81. The van der Waals surface area contributed by atoms with Crippen molar-refractivity contribution in [2.45, 2.75) is 19.9 Å². The van der Waals surface area contributed by atoms with Crippen LogP contribution in [0.3, 0.4) is 0 Å². The first kappa shape index (κ1) is 18.7. The second kappa shape index (κ2) is 8.16. The highest BCUT2D eigenvalue weighted by atomic mass is 16.5. The molecule has 0 amide bonds. The topological polar surface area (TPSA) is 74.9 Å². The lowest BCUT2D eigenvalue weighted by Gasteiger charge is -2.29. The summed E-state index contributed by atoms with van der Waals surface area (Å²) in [4.78, 5) is 6.84. The normalized spacial score (nSPS) is 15.9. The molecular formula is C21H27N5O2. The van der Waals surface area contributed by atoms with Crippen LogP contribution in [0.1, 0.15) is 13.8 Å². The summed E-state index contributed by atoms with van der Waals surface area (Å²) in [6.07, 6.45) is 1.86. The number of hydrogen-bond acceptors (Lipinski definition) is 6. The second-order valence-electron chi connectivity index (χ2n) is 7.46. The first-order valence-corrected chi connectivity index (χ1v) is 9.81. The maximum absolute atomic E-state index is 9.60. The van der Waals surface area contributed by atoms with Gasteiger partial charge < -0.3 is 20.1 Å². The van der Waals surface area contributed by atoms with Crippen LogP contribution >= 0.6 is 0 Å². The van der Waals surface area contributed by atoms with E-state index in [-0.39, 0.29) is 12.6 Å². The van der Waals surface area contributed by atoms with Crippen LogP contribution in [-0.2, 0) is 4.74 Å². The average molecular weight is 381 g/mol. The highest BCUT2D eigenvalue weighted by Gasteiger charge is 2.15. The molecular weight excluding hydrogens is 354 g/mol. The van der Waals surface area contributed by atoms with Gasteiger partial charge in [-0.1, -0.05) is 26.0 Å². The number of fused-ring (bicyclic) bond motifs is 1. The van der Waals surface area contributed by atoms with E-state index in [0.717, 1.165) is 49.0 Å². The molecule has 4 rings (SSSR count). The zero-order valence-corrected chi connectivity index (χ0v) is 16.4. The van der Waals surface area contributed by atoms with Gasteiger partial charge in [-0.3, -0.25) is 0 Å². The van der Waals surface area contributed by atoms with E-state index in [0.29, 0.717) is 5.92 Å². The molecule has 0 spiro atoms. The molecule has 1 saturated heterocycles. The van der Waals surface area contributed by atoms with Gasteiger partial charge in [-0.15, -0.1) is 5.10 Å². The molecule has 28 heavy (non-hydrogen) atoms. The van der Waals surface area contributed by atoms with Crippen LogP contribution in [0.2, 0.25) is 0 Å². The number of hydrogen-bond donors (Lipinski definition) is 2. The Hall–Kier alpha value is -2.64. The summed E-state index contributed by atoms with van der Waals surface area (Å²) in [7, 11) is 0. The lowest BCUT2D eigenvalue weighted by Crippen LogP contribution is -2.36. The minimum Gasteiger partial charge on any atom is -0.394 e. The molecule has 0 bridgehead atoms. The highest BCUT2D eigenvalue weighted by molar-refractivity contribution is 5.68. The van der Waals surface area contributed by atoms with Crippen molar-refractivity contribution in [3.8, 4) is 11.3 Å². The number of benzene rings is 1. The van der Waals surface area contributed by atoms with E-state index in [2.05, 4.69) is 53.3 Å². The largest absolute Gasteiger partial charge is 0.394 e. The van der Waals surface area contributed by atoms with Gasteiger partial charge in [0.1, 0.15) is 5.82 Å². The number of rotatable bonds is 6. The third-order valence-electron chi connectivity index (χ3n) is 5.22. The molecule has 7 heteroatoms. The number of nitrogens with one attached hydrogen (secondary N) is 1. The summed E-state index contributed by atoms with van der Waals surface area (Å²) in [5.41, 5.74) is 4.00. The Bertz CT molecular complexity index is 933. The van der Waals surface area contributed by atoms with E-state index < -0.39 is 0 Å². The maximum atomic E-state index is 9.60. The highest BCUT2D eigenvalue weighted by Crippen LogP contribution is 2.26. The molecule has 1 aliphatic heterocycles. The van der Waals surface area contributed by atoms with Crippen molar-refractivity contribution in [1.82, 2.24) is 14.6 Å². The zero-order chi connectivity index (χ0) is 19.5. The first-order valence-electron chi connectivity index (χ1n) is 9.81. The van der Waals surface area contributed by atoms with Crippen molar-refractivity contribution in [3.05, 3.63) is 42.6 Å². The number of aliphatic hydroxyl groups excluding tert-OH is 1. The molecule has 2 aromatic heterocycles. The molecule has 7 nitrogen and oxygen atoms in total. The Morgan fingerprint density at radius 3 is 2.75 bits per heavy atom. The fraction of sp³-hybridized carbons (Fsp3) is 0.429. The minimum atomic E-state index is -0.0402. The smallest absolute Gasteiger partial charge is 0.154 e. The van der Waals surface area contributed by atoms with Crippen LogP contribution in [0.25, 0.3) is 16.9 Å². The molecule has 148 valence electrons. The number of aromatic nitrogens is 3. The molecule has 0 saturated carbocycles. The van der Waals surface area contributed by atoms with Gasteiger partial charge in [-0.2, -0.15) is 0 Å². The molecule has 1 atom stereocenters. The fourth-order valence-corrected chi connectivity index (χ4v) is 3.44. The molecule has 0 aliphatic carbocycles. The van der Waals surface area contributed by atoms with Crippen molar-refractivity contribution in [1.29, 1.82) is 0 Å². The van der Waals surface area contributed by atoms with Crippen molar-refractivity contribution in [2.24, 2.45) is 5.92 Å². The van der Waals surface area contributed by atoms with E-state index in [1.807, 2.05) is 22.8 Å². The summed E-state index contributed by atoms with van der Waals surface area (Å²) < 4.78 is 7.32. The number of aliphatic hydroxyl groups is 1. The van der Waals surface area contributed by atoms with Crippen molar-refractivity contribution in [3.63, 3.8) is 0 Å². The molecule has 1 aliphatic rings. The SMILES string of the molecule is CC(C)[C@@H](CO)Nc1ccc2ncc(-c3cccc(N4CCOCC4)c3)n2n1. The first-order chi connectivity index (χ1) is 13.7. The second-order valence-corrected chi connectivity index (χ2v) is 7.46. The van der Waals surface area contributed by atoms with Crippen LogP contribution < -0.4 is 10.2 Å². The average Bonchev–Trinajstić information content (AvgIpc) is 3.16. The van der Waals surface area contributed by atoms with Crippen molar-refractivity contribution < 1.29 is 9.84 Å².